The van der Waals surface area contributed by atoms with Crippen LogP contribution in [0.1, 0.15) is 43.6 Å². The van der Waals surface area contributed by atoms with Gasteiger partial charge in [0, 0.05) is 11.4 Å². The van der Waals surface area contributed by atoms with Crippen molar-refractivity contribution in [3.63, 3.8) is 0 Å². The minimum absolute atomic E-state index is 0.211. The average molecular weight is 280 g/mol. The van der Waals surface area contributed by atoms with Gasteiger partial charge in [0.25, 0.3) is 0 Å². The first-order chi connectivity index (χ1) is 9.11. The van der Waals surface area contributed by atoms with Crippen LogP contribution in [0.25, 0.3) is 0 Å². The lowest BCUT2D eigenvalue weighted by atomic mass is 10.0. The third-order valence-corrected chi connectivity index (χ3v) is 3.70. The number of halogens is 1. The van der Waals surface area contributed by atoms with E-state index in [4.69, 9.17) is 21.9 Å². The van der Waals surface area contributed by atoms with Gasteiger partial charge >= 0.3 is 0 Å². The van der Waals surface area contributed by atoms with Crippen LogP contribution in [0.5, 0.6) is 0 Å². The predicted octanol–water partition coefficient (Wildman–Crippen LogP) is 3.36. The number of aromatic nitrogens is 2. The van der Waals surface area contributed by atoms with E-state index in [0.717, 1.165) is 12.0 Å². The molecule has 2 aromatic rings. The maximum absolute atomic E-state index is 6.11. The Morgan fingerprint density at radius 2 is 2.11 bits per heavy atom. The molecule has 0 saturated heterocycles. The molecule has 2 atom stereocenters. The fraction of sp³-hybridized carbons (Fsp3) is 0.429. The van der Waals surface area contributed by atoms with Gasteiger partial charge in [-0.1, -0.05) is 55.2 Å². The highest BCUT2D eigenvalue weighted by Crippen LogP contribution is 2.22. The molecule has 0 bridgehead atoms. The largest absolute Gasteiger partial charge is 0.338 e. The minimum Gasteiger partial charge on any atom is -0.338 e. The molecule has 0 aliphatic rings. The van der Waals surface area contributed by atoms with Crippen molar-refractivity contribution in [2.75, 3.05) is 0 Å². The lowest BCUT2D eigenvalue weighted by molar-refractivity contribution is 0.310. The van der Waals surface area contributed by atoms with Crippen LogP contribution in [-0.4, -0.2) is 10.1 Å². The Hall–Kier alpha value is -1.39. The summed E-state index contributed by atoms with van der Waals surface area (Å²) in [5.41, 5.74) is 7.04. The molecule has 1 heterocycles. The van der Waals surface area contributed by atoms with Gasteiger partial charge in [0.2, 0.25) is 5.89 Å². The summed E-state index contributed by atoms with van der Waals surface area (Å²) in [7, 11) is 0. The zero-order chi connectivity index (χ0) is 13.8. The van der Waals surface area contributed by atoms with Gasteiger partial charge in [-0.2, -0.15) is 4.98 Å². The Bertz CT molecular complexity index is 541. The Kier molecular flexibility index (Phi) is 4.56. The first kappa shape index (κ1) is 14.0. The lowest BCUT2D eigenvalue weighted by Crippen LogP contribution is -2.18. The van der Waals surface area contributed by atoms with E-state index in [0.29, 0.717) is 29.1 Å². The summed E-state index contributed by atoms with van der Waals surface area (Å²) in [6.07, 6.45) is 1.53. The SMILES string of the molecule is CCC(C)C(N)c1nc(Cc2ccccc2Cl)no1. The van der Waals surface area contributed by atoms with E-state index in [2.05, 4.69) is 24.0 Å². The molecule has 1 aromatic heterocycles. The second kappa shape index (κ2) is 6.17. The molecule has 0 spiro atoms. The first-order valence-corrected chi connectivity index (χ1v) is 6.81. The molecule has 5 heteroatoms. The quantitative estimate of drug-likeness (QED) is 0.911. The Labute approximate surface area is 118 Å². The summed E-state index contributed by atoms with van der Waals surface area (Å²) in [5, 5.41) is 4.67. The van der Waals surface area contributed by atoms with Gasteiger partial charge in [0.15, 0.2) is 5.82 Å². The van der Waals surface area contributed by atoms with E-state index < -0.39 is 0 Å². The summed E-state index contributed by atoms with van der Waals surface area (Å²) < 4.78 is 5.23. The van der Waals surface area contributed by atoms with Crippen molar-refractivity contribution >= 4 is 11.6 Å². The molecule has 0 amide bonds. The number of benzene rings is 1. The normalized spacial score (nSPS) is 14.3. The van der Waals surface area contributed by atoms with Crippen molar-refractivity contribution in [1.29, 1.82) is 0 Å². The van der Waals surface area contributed by atoms with E-state index in [1.54, 1.807) is 0 Å². The van der Waals surface area contributed by atoms with Gasteiger partial charge in [0.05, 0.1) is 6.04 Å². The molecule has 2 unspecified atom stereocenters. The molecular formula is C14H18ClN3O. The molecule has 19 heavy (non-hydrogen) atoms. The highest BCUT2D eigenvalue weighted by atomic mass is 35.5. The zero-order valence-electron chi connectivity index (χ0n) is 11.1. The van der Waals surface area contributed by atoms with Crippen LogP contribution in [0.4, 0.5) is 0 Å². The maximum atomic E-state index is 6.11. The van der Waals surface area contributed by atoms with Crippen LogP contribution < -0.4 is 5.73 Å². The van der Waals surface area contributed by atoms with E-state index in [-0.39, 0.29) is 6.04 Å². The molecule has 4 nitrogen and oxygen atoms in total. The zero-order valence-corrected chi connectivity index (χ0v) is 11.9. The molecule has 102 valence electrons. The second-order valence-corrected chi connectivity index (χ2v) is 5.14. The summed E-state index contributed by atoms with van der Waals surface area (Å²) in [5.74, 6) is 1.42. The van der Waals surface area contributed by atoms with Crippen molar-refractivity contribution in [2.45, 2.75) is 32.7 Å². The molecule has 0 aliphatic heterocycles. The fourth-order valence-corrected chi connectivity index (χ4v) is 1.99. The first-order valence-electron chi connectivity index (χ1n) is 6.43. The summed E-state index contributed by atoms with van der Waals surface area (Å²) in [6.45, 7) is 4.16. The van der Waals surface area contributed by atoms with Gasteiger partial charge in [-0.05, 0) is 17.5 Å². The van der Waals surface area contributed by atoms with E-state index >= 15 is 0 Å². The number of hydrogen-bond acceptors (Lipinski definition) is 4. The number of nitrogens with two attached hydrogens (primary N) is 1. The second-order valence-electron chi connectivity index (χ2n) is 4.73. The highest BCUT2D eigenvalue weighted by Gasteiger charge is 2.20. The number of hydrogen-bond donors (Lipinski definition) is 1. The van der Waals surface area contributed by atoms with Gasteiger partial charge in [-0.15, -0.1) is 0 Å². The number of rotatable bonds is 5. The summed E-state index contributed by atoms with van der Waals surface area (Å²) in [4.78, 5) is 4.35. The van der Waals surface area contributed by atoms with Gasteiger partial charge in [-0.25, -0.2) is 0 Å². The van der Waals surface area contributed by atoms with E-state index in [1.807, 2.05) is 24.3 Å². The Morgan fingerprint density at radius 3 is 2.79 bits per heavy atom. The monoisotopic (exact) mass is 279 g/mol. The third-order valence-electron chi connectivity index (χ3n) is 3.33. The Balaban J connectivity index is 2.12. The Morgan fingerprint density at radius 1 is 1.37 bits per heavy atom. The third kappa shape index (κ3) is 3.33. The van der Waals surface area contributed by atoms with E-state index in [9.17, 15) is 0 Å². The average Bonchev–Trinajstić information content (AvgIpc) is 2.88. The van der Waals surface area contributed by atoms with Crippen molar-refractivity contribution < 1.29 is 4.52 Å². The van der Waals surface area contributed by atoms with Gasteiger partial charge in [0.1, 0.15) is 0 Å². The smallest absolute Gasteiger partial charge is 0.243 e. The van der Waals surface area contributed by atoms with Gasteiger partial charge < -0.3 is 10.3 Å². The molecular weight excluding hydrogens is 262 g/mol. The topological polar surface area (TPSA) is 64.9 Å². The standard InChI is InChI=1S/C14H18ClN3O/c1-3-9(2)13(16)14-17-12(18-19-14)8-10-6-4-5-7-11(10)15/h4-7,9,13H,3,8,16H2,1-2H3. The van der Waals surface area contributed by atoms with Crippen LogP contribution >= 0.6 is 11.6 Å². The van der Waals surface area contributed by atoms with Crippen molar-refractivity contribution in [3.8, 4) is 0 Å². The van der Waals surface area contributed by atoms with Crippen LogP contribution in [-0.2, 0) is 6.42 Å². The van der Waals surface area contributed by atoms with E-state index in [1.165, 1.54) is 0 Å². The molecule has 0 radical (unpaired) electrons. The molecule has 2 rings (SSSR count). The fourth-order valence-electron chi connectivity index (χ4n) is 1.78. The van der Waals surface area contributed by atoms with Gasteiger partial charge in [-0.3, -0.25) is 0 Å². The molecule has 0 fully saturated rings. The van der Waals surface area contributed by atoms with Crippen LogP contribution in [0.2, 0.25) is 5.02 Å². The molecule has 0 aliphatic carbocycles. The van der Waals surface area contributed by atoms with Crippen LogP contribution in [0.3, 0.4) is 0 Å². The summed E-state index contributed by atoms with van der Waals surface area (Å²) >= 11 is 6.11. The molecule has 1 aromatic carbocycles. The van der Waals surface area contributed by atoms with Crippen molar-refractivity contribution in [3.05, 3.63) is 46.6 Å². The highest BCUT2D eigenvalue weighted by molar-refractivity contribution is 6.31. The number of nitrogens with zero attached hydrogens (tertiary/aromatic N) is 2. The van der Waals surface area contributed by atoms with Crippen LogP contribution in [0, 0.1) is 5.92 Å². The molecule has 0 saturated carbocycles. The van der Waals surface area contributed by atoms with Crippen molar-refractivity contribution in [2.24, 2.45) is 11.7 Å². The maximum Gasteiger partial charge on any atom is 0.243 e. The lowest BCUT2D eigenvalue weighted by Gasteiger charge is -2.12. The minimum atomic E-state index is -0.211. The van der Waals surface area contributed by atoms with Crippen molar-refractivity contribution in [1.82, 2.24) is 10.1 Å². The predicted molar refractivity (Wildman–Crippen MR) is 74.9 cm³/mol. The van der Waals surface area contributed by atoms with Crippen LogP contribution in [0.15, 0.2) is 28.8 Å². The summed E-state index contributed by atoms with van der Waals surface area (Å²) in [6, 6.07) is 7.42. The molecule has 2 N–H and O–H groups in total.